The van der Waals surface area contributed by atoms with Crippen LogP contribution in [0.5, 0.6) is 0 Å². The van der Waals surface area contributed by atoms with Gasteiger partial charge in [0.25, 0.3) is 0 Å². The largest absolute Gasteiger partial charge is 0.311 e. The van der Waals surface area contributed by atoms with Gasteiger partial charge in [-0.1, -0.05) is 75.7 Å². The third kappa shape index (κ3) is 4.22. The van der Waals surface area contributed by atoms with Crippen LogP contribution in [0, 0.1) is 0 Å². The quantitative estimate of drug-likeness (QED) is 0.275. The van der Waals surface area contributed by atoms with Crippen LogP contribution in [-0.4, -0.2) is 27.8 Å². The molecule has 0 spiro atoms. The maximum absolute atomic E-state index is 13.0. The van der Waals surface area contributed by atoms with Gasteiger partial charge in [0.05, 0.1) is 17.6 Å². The van der Waals surface area contributed by atoms with Crippen LogP contribution in [0.4, 0.5) is 5.69 Å². The molecule has 0 unspecified atom stereocenters. The van der Waals surface area contributed by atoms with Crippen molar-refractivity contribution in [3.05, 3.63) is 94.1 Å². The number of aromatic nitrogens is 2. The van der Waals surface area contributed by atoms with E-state index >= 15 is 0 Å². The maximum atomic E-state index is 13.0. The predicted octanol–water partition coefficient (Wildman–Crippen LogP) is 6.64. The van der Waals surface area contributed by atoms with E-state index in [2.05, 4.69) is 31.5 Å². The molecule has 0 fully saturated rings. The van der Waals surface area contributed by atoms with Crippen molar-refractivity contribution in [2.75, 3.05) is 17.2 Å². The fourth-order valence-corrected chi connectivity index (χ4v) is 5.24. The zero-order valence-electron chi connectivity index (χ0n) is 17.0. The first-order valence-electron chi connectivity index (χ1n) is 10.2. The number of amides is 1. The molecular formula is C25H19BrClN3OS. The molecule has 0 saturated heterocycles. The Bertz CT molecular complexity index is 1290. The van der Waals surface area contributed by atoms with Gasteiger partial charge in [-0.05, 0) is 48.4 Å². The lowest BCUT2D eigenvalue weighted by molar-refractivity contribution is -0.116. The SMILES string of the molecule is O=C(CSc1ncc(-c2ccc(Br)cc2)n1-c1cccc(Cl)c1)N1CCc2ccccc21. The Morgan fingerprint density at radius 2 is 1.88 bits per heavy atom. The van der Waals surface area contributed by atoms with E-state index in [4.69, 9.17) is 11.6 Å². The second-order valence-corrected chi connectivity index (χ2v) is 9.76. The molecule has 4 aromatic rings. The van der Waals surface area contributed by atoms with Gasteiger partial charge in [0.15, 0.2) is 5.16 Å². The van der Waals surface area contributed by atoms with E-state index in [0.29, 0.717) is 10.8 Å². The summed E-state index contributed by atoms with van der Waals surface area (Å²) in [5.74, 6) is 0.400. The van der Waals surface area contributed by atoms with Crippen LogP contribution in [0.2, 0.25) is 5.02 Å². The number of halogens is 2. The molecule has 0 N–H and O–H groups in total. The van der Waals surface area contributed by atoms with E-state index in [1.165, 1.54) is 17.3 Å². The van der Waals surface area contributed by atoms with Crippen molar-refractivity contribution < 1.29 is 4.79 Å². The second kappa shape index (κ2) is 9.14. The zero-order valence-corrected chi connectivity index (χ0v) is 20.2. The summed E-state index contributed by atoms with van der Waals surface area (Å²) in [6, 6.07) is 23.9. The van der Waals surface area contributed by atoms with Crippen LogP contribution in [0.25, 0.3) is 16.9 Å². The molecule has 2 heterocycles. The number of carbonyl (C=O) groups excluding carboxylic acids is 1. The molecular weight excluding hydrogens is 506 g/mol. The minimum Gasteiger partial charge on any atom is -0.311 e. The lowest BCUT2D eigenvalue weighted by Gasteiger charge is -2.17. The van der Waals surface area contributed by atoms with Crippen molar-refractivity contribution in [1.29, 1.82) is 0 Å². The van der Waals surface area contributed by atoms with Crippen LogP contribution in [-0.2, 0) is 11.2 Å². The third-order valence-corrected chi connectivity index (χ3v) is 7.15. The van der Waals surface area contributed by atoms with Crippen molar-refractivity contribution >= 4 is 50.9 Å². The fraction of sp³-hybridized carbons (Fsp3) is 0.120. The Kier molecular flexibility index (Phi) is 6.09. The van der Waals surface area contributed by atoms with Crippen LogP contribution < -0.4 is 4.90 Å². The molecule has 0 atom stereocenters. The van der Waals surface area contributed by atoms with Gasteiger partial charge in [-0.2, -0.15) is 0 Å². The van der Waals surface area contributed by atoms with Gasteiger partial charge >= 0.3 is 0 Å². The summed E-state index contributed by atoms with van der Waals surface area (Å²) in [5, 5.41) is 1.41. The van der Waals surface area contributed by atoms with E-state index in [9.17, 15) is 4.79 Å². The number of hydrogen-bond donors (Lipinski definition) is 0. The highest BCUT2D eigenvalue weighted by Gasteiger charge is 2.25. The molecule has 5 rings (SSSR count). The topological polar surface area (TPSA) is 38.1 Å². The molecule has 1 aliphatic rings. The molecule has 0 bridgehead atoms. The number of thioether (sulfide) groups is 1. The summed E-state index contributed by atoms with van der Waals surface area (Å²) in [4.78, 5) is 19.6. The lowest BCUT2D eigenvalue weighted by atomic mass is 10.1. The molecule has 1 aromatic heterocycles. The Morgan fingerprint density at radius 1 is 1.06 bits per heavy atom. The molecule has 4 nitrogen and oxygen atoms in total. The molecule has 1 amide bonds. The van der Waals surface area contributed by atoms with E-state index in [1.807, 2.05) is 77.8 Å². The maximum Gasteiger partial charge on any atom is 0.237 e. The van der Waals surface area contributed by atoms with Crippen molar-refractivity contribution in [2.45, 2.75) is 11.6 Å². The number of anilines is 1. The van der Waals surface area contributed by atoms with Gasteiger partial charge in [0, 0.05) is 33.0 Å². The van der Waals surface area contributed by atoms with E-state index in [0.717, 1.165) is 45.2 Å². The zero-order chi connectivity index (χ0) is 22.1. The van der Waals surface area contributed by atoms with Gasteiger partial charge in [0.1, 0.15) is 0 Å². The minimum absolute atomic E-state index is 0.0887. The number of rotatable bonds is 5. The number of imidazole rings is 1. The van der Waals surface area contributed by atoms with Crippen LogP contribution in [0.1, 0.15) is 5.56 Å². The van der Waals surface area contributed by atoms with E-state index in [-0.39, 0.29) is 5.91 Å². The summed E-state index contributed by atoms with van der Waals surface area (Å²) in [6.45, 7) is 0.728. The van der Waals surface area contributed by atoms with E-state index in [1.54, 1.807) is 0 Å². The summed E-state index contributed by atoms with van der Waals surface area (Å²) in [5.41, 5.74) is 5.14. The van der Waals surface area contributed by atoms with Gasteiger partial charge in [-0.3, -0.25) is 9.36 Å². The second-order valence-electron chi connectivity index (χ2n) is 7.46. The summed E-state index contributed by atoms with van der Waals surface area (Å²) >= 11 is 11.2. The molecule has 32 heavy (non-hydrogen) atoms. The number of para-hydroxylation sites is 1. The average Bonchev–Trinajstić information content (AvgIpc) is 3.42. The number of nitrogens with zero attached hydrogens (tertiary/aromatic N) is 3. The number of carbonyl (C=O) groups is 1. The summed E-state index contributed by atoms with van der Waals surface area (Å²) in [7, 11) is 0. The molecule has 7 heteroatoms. The van der Waals surface area contributed by atoms with Gasteiger partial charge in [-0.25, -0.2) is 4.98 Å². The number of hydrogen-bond acceptors (Lipinski definition) is 3. The molecule has 0 radical (unpaired) electrons. The average molecular weight is 525 g/mol. The Labute approximate surface area is 204 Å². The molecule has 160 valence electrons. The predicted molar refractivity (Wildman–Crippen MR) is 135 cm³/mol. The van der Waals surface area contributed by atoms with Gasteiger partial charge in [0.2, 0.25) is 5.91 Å². The molecule has 3 aromatic carbocycles. The van der Waals surface area contributed by atoms with Crippen molar-refractivity contribution in [1.82, 2.24) is 9.55 Å². The van der Waals surface area contributed by atoms with Crippen LogP contribution >= 0.6 is 39.3 Å². The monoisotopic (exact) mass is 523 g/mol. The molecule has 0 saturated carbocycles. The van der Waals surface area contributed by atoms with E-state index < -0.39 is 0 Å². The Morgan fingerprint density at radius 3 is 2.69 bits per heavy atom. The highest BCUT2D eigenvalue weighted by molar-refractivity contribution is 9.10. The van der Waals surface area contributed by atoms with Crippen molar-refractivity contribution in [2.24, 2.45) is 0 Å². The number of fused-ring (bicyclic) bond motifs is 1. The van der Waals surface area contributed by atoms with Gasteiger partial charge < -0.3 is 4.90 Å². The fourth-order valence-electron chi connectivity index (χ4n) is 3.93. The molecule has 0 aliphatic carbocycles. The normalized spacial score (nSPS) is 12.8. The highest BCUT2D eigenvalue weighted by Crippen LogP contribution is 2.33. The smallest absolute Gasteiger partial charge is 0.237 e. The molecule has 1 aliphatic heterocycles. The van der Waals surface area contributed by atoms with Crippen LogP contribution in [0.3, 0.4) is 0 Å². The Hall–Kier alpha value is -2.54. The first-order chi connectivity index (χ1) is 15.6. The van der Waals surface area contributed by atoms with Crippen molar-refractivity contribution in [3.63, 3.8) is 0 Å². The highest BCUT2D eigenvalue weighted by atomic mass is 79.9. The lowest BCUT2D eigenvalue weighted by Crippen LogP contribution is -2.30. The first-order valence-corrected chi connectivity index (χ1v) is 12.4. The first kappa shape index (κ1) is 21.3. The third-order valence-electron chi connectivity index (χ3n) is 5.45. The minimum atomic E-state index is 0.0887. The van der Waals surface area contributed by atoms with Crippen molar-refractivity contribution in [3.8, 4) is 16.9 Å². The Balaban J connectivity index is 1.45. The number of benzene rings is 3. The van der Waals surface area contributed by atoms with Gasteiger partial charge in [-0.15, -0.1) is 0 Å². The summed E-state index contributed by atoms with van der Waals surface area (Å²) in [6.07, 6.45) is 2.75. The van der Waals surface area contributed by atoms with Crippen LogP contribution in [0.15, 0.2) is 88.6 Å². The standard InChI is InChI=1S/C25H19BrClN3OS/c26-19-10-8-18(9-11-19)23-15-28-25(30(23)21-6-3-5-20(27)14-21)32-16-24(31)29-13-12-17-4-1-2-7-22(17)29/h1-11,14-15H,12-13,16H2. The summed E-state index contributed by atoms with van der Waals surface area (Å²) < 4.78 is 3.08.